The Morgan fingerprint density at radius 2 is 2.33 bits per heavy atom. The minimum atomic E-state index is -0.324. The first kappa shape index (κ1) is 13.0. The van der Waals surface area contributed by atoms with Crippen LogP contribution in [0.1, 0.15) is 29.9 Å². The molecule has 0 aliphatic rings. The number of carbonyl (C=O) groups excluding carboxylic acids is 1. The van der Waals surface area contributed by atoms with Crippen molar-refractivity contribution < 1.29 is 4.79 Å². The number of alkyl halides is 1. The lowest BCUT2D eigenvalue weighted by Gasteiger charge is -2.26. The largest absolute Gasteiger partial charge is 0.345 e. The van der Waals surface area contributed by atoms with E-state index in [0.29, 0.717) is 10.8 Å². The molecule has 15 heavy (non-hydrogen) atoms. The highest BCUT2D eigenvalue weighted by molar-refractivity contribution is 9.11. The molecule has 1 N–H and O–H groups in total. The van der Waals surface area contributed by atoms with Crippen molar-refractivity contribution in [1.82, 2.24) is 5.32 Å². The van der Waals surface area contributed by atoms with Gasteiger partial charge in [0.25, 0.3) is 5.91 Å². The molecule has 2 nitrogen and oxygen atoms in total. The molecule has 0 saturated carbocycles. The smallest absolute Gasteiger partial charge is 0.261 e. The molecule has 1 unspecified atom stereocenters. The first-order valence-corrected chi connectivity index (χ1v) is 6.79. The molecule has 0 aliphatic carbocycles. The SMILES string of the molecule is CCC(C)(CCl)NC(=O)c1ccc(Br)s1. The number of carbonyl (C=O) groups is 1. The maximum absolute atomic E-state index is 11.8. The standard InChI is InChI=1S/C10H13BrClNOS/c1-3-10(2,6-12)13-9(14)7-4-5-8(11)15-7/h4-5H,3,6H2,1-2H3,(H,13,14). The Balaban J connectivity index is 2.71. The number of rotatable bonds is 4. The monoisotopic (exact) mass is 309 g/mol. The number of hydrogen-bond donors (Lipinski definition) is 1. The van der Waals surface area contributed by atoms with Crippen LogP contribution in [0.3, 0.4) is 0 Å². The van der Waals surface area contributed by atoms with E-state index >= 15 is 0 Å². The van der Waals surface area contributed by atoms with Gasteiger partial charge in [-0.3, -0.25) is 4.79 Å². The van der Waals surface area contributed by atoms with Gasteiger partial charge in [-0.05, 0) is 41.4 Å². The van der Waals surface area contributed by atoms with E-state index in [9.17, 15) is 4.79 Å². The number of thiophene rings is 1. The second-order valence-corrected chi connectivity index (χ2v) is 6.34. The molecule has 1 aromatic heterocycles. The summed E-state index contributed by atoms with van der Waals surface area (Å²) in [5, 5.41) is 2.94. The molecule has 5 heteroatoms. The Labute approximate surface area is 107 Å². The molecule has 0 bridgehead atoms. The Hall–Kier alpha value is -0.0600. The van der Waals surface area contributed by atoms with Crippen LogP contribution in [0.4, 0.5) is 0 Å². The van der Waals surface area contributed by atoms with Crippen molar-refractivity contribution in [3.63, 3.8) is 0 Å². The lowest BCUT2D eigenvalue weighted by Crippen LogP contribution is -2.46. The van der Waals surface area contributed by atoms with Crippen LogP contribution in [0.5, 0.6) is 0 Å². The highest BCUT2D eigenvalue weighted by Crippen LogP contribution is 2.23. The van der Waals surface area contributed by atoms with Crippen molar-refractivity contribution in [1.29, 1.82) is 0 Å². The lowest BCUT2D eigenvalue weighted by molar-refractivity contribution is 0.0916. The van der Waals surface area contributed by atoms with Crippen LogP contribution in [0.15, 0.2) is 15.9 Å². The average Bonchev–Trinajstić information content (AvgIpc) is 2.65. The molecule has 0 aromatic carbocycles. The van der Waals surface area contributed by atoms with Crippen LogP contribution in [0.2, 0.25) is 0 Å². The van der Waals surface area contributed by atoms with Gasteiger partial charge in [0.2, 0.25) is 0 Å². The first-order chi connectivity index (χ1) is 7.00. The van der Waals surface area contributed by atoms with Gasteiger partial charge in [0, 0.05) is 5.88 Å². The Morgan fingerprint density at radius 1 is 1.67 bits per heavy atom. The number of halogens is 2. The zero-order valence-electron chi connectivity index (χ0n) is 8.64. The molecule has 0 fully saturated rings. The third-order valence-corrected chi connectivity index (χ3v) is 4.50. The molecule has 0 radical (unpaired) electrons. The van der Waals surface area contributed by atoms with E-state index in [2.05, 4.69) is 21.2 Å². The van der Waals surface area contributed by atoms with E-state index in [0.717, 1.165) is 10.2 Å². The van der Waals surface area contributed by atoms with E-state index in [1.807, 2.05) is 19.9 Å². The van der Waals surface area contributed by atoms with E-state index in [4.69, 9.17) is 11.6 Å². The van der Waals surface area contributed by atoms with E-state index < -0.39 is 0 Å². The number of hydrogen-bond acceptors (Lipinski definition) is 2. The summed E-state index contributed by atoms with van der Waals surface area (Å²) >= 11 is 10.6. The summed E-state index contributed by atoms with van der Waals surface area (Å²) < 4.78 is 0.955. The maximum atomic E-state index is 11.8. The molecule has 1 rings (SSSR count). The molecule has 1 heterocycles. The minimum Gasteiger partial charge on any atom is -0.345 e. The zero-order chi connectivity index (χ0) is 11.5. The van der Waals surface area contributed by atoms with E-state index in [-0.39, 0.29) is 11.4 Å². The minimum absolute atomic E-state index is 0.0595. The Bertz CT molecular complexity index is 349. The molecule has 84 valence electrons. The summed E-state index contributed by atoms with van der Waals surface area (Å²) in [7, 11) is 0. The van der Waals surface area contributed by atoms with Crippen molar-refractivity contribution in [3.8, 4) is 0 Å². The van der Waals surface area contributed by atoms with Gasteiger partial charge in [0.15, 0.2) is 0 Å². The normalized spacial score (nSPS) is 14.7. The molecule has 1 amide bonds. The van der Waals surface area contributed by atoms with Crippen molar-refractivity contribution in [2.75, 3.05) is 5.88 Å². The fraction of sp³-hybridized carbons (Fsp3) is 0.500. The molecular weight excluding hydrogens is 298 g/mol. The number of nitrogens with one attached hydrogen (secondary N) is 1. The van der Waals surface area contributed by atoms with E-state index in [1.165, 1.54) is 11.3 Å². The summed E-state index contributed by atoms with van der Waals surface area (Å²) in [6.07, 6.45) is 0.814. The summed E-state index contributed by atoms with van der Waals surface area (Å²) in [6, 6.07) is 3.66. The van der Waals surface area contributed by atoms with E-state index in [1.54, 1.807) is 6.07 Å². The highest BCUT2D eigenvalue weighted by atomic mass is 79.9. The third-order valence-electron chi connectivity index (χ3n) is 2.29. The van der Waals surface area contributed by atoms with Gasteiger partial charge in [-0.1, -0.05) is 6.92 Å². The van der Waals surface area contributed by atoms with Crippen molar-refractivity contribution in [2.45, 2.75) is 25.8 Å². The predicted molar refractivity (Wildman–Crippen MR) is 68.9 cm³/mol. The van der Waals surface area contributed by atoms with Crippen LogP contribution < -0.4 is 5.32 Å². The third kappa shape index (κ3) is 3.47. The summed E-state index contributed by atoms with van der Waals surface area (Å²) in [6.45, 7) is 3.95. The molecule has 0 aliphatic heterocycles. The molecule has 1 atom stereocenters. The lowest BCUT2D eigenvalue weighted by atomic mass is 10.0. The molecule has 1 aromatic rings. The second-order valence-electron chi connectivity index (χ2n) is 3.61. The van der Waals surface area contributed by atoms with Crippen LogP contribution in [-0.4, -0.2) is 17.3 Å². The Morgan fingerprint density at radius 3 is 2.73 bits per heavy atom. The number of amides is 1. The second kappa shape index (κ2) is 5.32. The van der Waals surface area contributed by atoms with Gasteiger partial charge in [-0.2, -0.15) is 0 Å². The van der Waals surface area contributed by atoms with Crippen LogP contribution in [0, 0.1) is 0 Å². The topological polar surface area (TPSA) is 29.1 Å². The Kier molecular flexibility index (Phi) is 4.62. The first-order valence-electron chi connectivity index (χ1n) is 4.64. The van der Waals surface area contributed by atoms with Crippen LogP contribution >= 0.6 is 38.9 Å². The van der Waals surface area contributed by atoms with Crippen LogP contribution in [0.25, 0.3) is 0 Å². The molecule has 0 spiro atoms. The quantitative estimate of drug-likeness (QED) is 0.845. The maximum Gasteiger partial charge on any atom is 0.261 e. The van der Waals surface area contributed by atoms with Gasteiger partial charge in [-0.25, -0.2) is 0 Å². The van der Waals surface area contributed by atoms with Crippen molar-refractivity contribution in [3.05, 3.63) is 20.8 Å². The van der Waals surface area contributed by atoms with Gasteiger partial charge in [0.05, 0.1) is 14.2 Å². The van der Waals surface area contributed by atoms with Gasteiger partial charge in [-0.15, -0.1) is 22.9 Å². The van der Waals surface area contributed by atoms with Gasteiger partial charge >= 0.3 is 0 Å². The summed E-state index contributed by atoms with van der Waals surface area (Å²) in [5.41, 5.74) is -0.324. The summed E-state index contributed by atoms with van der Waals surface area (Å²) in [4.78, 5) is 12.5. The zero-order valence-corrected chi connectivity index (χ0v) is 11.8. The summed E-state index contributed by atoms with van der Waals surface area (Å²) in [5.74, 6) is 0.359. The van der Waals surface area contributed by atoms with Crippen LogP contribution in [-0.2, 0) is 0 Å². The molecule has 0 saturated heterocycles. The fourth-order valence-electron chi connectivity index (χ4n) is 0.988. The molecular formula is C10H13BrClNOS. The predicted octanol–water partition coefficient (Wildman–Crippen LogP) is 3.65. The van der Waals surface area contributed by atoms with Gasteiger partial charge in [0.1, 0.15) is 0 Å². The average molecular weight is 311 g/mol. The fourth-order valence-corrected chi connectivity index (χ4v) is 2.53. The van der Waals surface area contributed by atoms with Gasteiger partial charge < -0.3 is 5.32 Å². The highest BCUT2D eigenvalue weighted by Gasteiger charge is 2.24. The van der Waals surface area contributed by atoms with Crippen molar-refractivity contribution >= 4 is 44.8 Å². The van der Waals surface area contributed by atoms with Crippen molar-refractivity contribution in [2.24, 2.45) is 0 Å².